The van der Waals surface area contributed by atoms with E-state index in [0.29, 0.717) is 0 Å². The molecule has 1 aromatic carbocycles. The maximum Gasteiger partial charge on any atom is 0.573 e. The zero-order valence-electron chi connectivity index (χ0n) is 6.33. The van der Waals surface area contributed by atoms with Crippen molar-refractivity contribution in [3.8, 4) is 5.75 Å². The Morgan fingerprint density at radius 1 is 1.29 bits per heavy atom. The van der Waals surface area contributed by atoms with Crippen LogP contribution in [0.3, 0.4) is 0 Å². The quantitative estimate of drug-likeness (QED) is 0.523. The molecule has 78 valence electrons. The van der Waals surface area contributed by atoms with E-state index < -0.39 is 17.9 Å². The van der Waals surface area contributed by atoms with Gasteiger partial charge in [0.05, 0.1) is 8.04 Å². The van der Waals surface area contributed by atoms with Crippen LogP contribution in [0.15, 0.2) is 16.6 Å². The Labute approximate surface area is 98.7 Å². The smallest absolute Gasteiger partial charge is 0.403 e. The van der Waals surface area contributed by atoms with E-state index in [-0.39, 0.29) is 8.04 Å². The maximum atomic E-state index is 12.7. The molecule has 7 heteroatoms. The van der Waals surface area contributed by atoms with Crippen molar-refractivity contribution in [2.75, 3.05) is 0 Å². The third kappa shape index (κ3) is 3.26. The van der Waals surface area contributed by atoms with Crippen molar-refractivity contribution in [3.63, 3.8) is 0 Å². The standard InChI is InChI=1S/C7H2BrF4IO/c8-4-1-3(9)2-5(13)6(4)14-7(10,11)12/h1-2H. The first-order chi connectivity index (χ1) is 6.29. The molecule has 0 saturated heterocycles. The van der Waals surface area contributed by atoms with Gasteiger partial charge in [-0.3, -0.25) is 0 Å². The predicted octanol–water partition coefficient (Wildman–Crippen LogP) is 4.09. The van der Waals surface area contributed by atoms with E-state index in [4.69, 9.17) is 0 Å². The first-order valence-electron chi connectivity index (χ1n) is 3.20. The second-order valence-corrected chi connectivity index (χ2v) is 4.26. The summed E-state index contributed by atoms with van der Waals surface area (Å²) in [6.07, 6.45) is -4.78. The van der Waals surface area contributed by atoms with Crippen molar-refractivity contribution in [2.45, 2.75) is 6.36 Å². The topological polar surface area (TPSA) is 9.23 Å². The van der Waals surface area contributed by atoms with E-state index in [1.165, 1.54) is 0 Å². The Kier molecular flexibility index (Phi) is 3.62. The fraction of sp³-hybridized carbons (Fsp3) is 0.143. The van der Waals surface area contributed by atoms with E-state index in [9.17, 15) is 17.6 Å². The summed E-state index contributed by atoms with van der Waals surface area (Å²) in [6, 6.07) is 1.86. The zero-order chi connectivity index (χ0) is 10.9. The van der Waals surface area contributed by atoms with Crippen molar-refractivity contribution in [2.24, 2.45) is 0 Å². The molecule has 0 radical (unpaired) electrons. The van der Waals surface area contributed by atoms with Crippen LogP contribution < -0.4 is 4.74 Å². The third-order valence-electron chi connectivity index (χ3n) is 1.18. The molecule has 0 aromatic heterocycles. The van der Waals surface area contributed by atoms with Crippen molar-refractivity contribution < 1.29 is 22.3 Å². The molecule has 0 aliphatic carbocycles. The van der Waals surface area contributed by atoms with Crippen molar-refractivity contribution >= 4 is 38.5 Å². The molecule has 0 unspecified atom stereocenters. The average molecular weight is 385 g/mol. The van der Waals surface area contributed by atoms with Gasteiger partial charge in [0.15, 0.2) is 5.75 Å². The lowest BCUT2D eigenvalue weighted by Crippen LogP contribution is -2.18. The minimum atomic E-state index is -4.78. The summed E-state index contributed by atoms with van der Waals surface area (Å²) in [4.78, 5) is 0. The number of benzene rings is 1. The fourth-order valence-corrected chi connectivity index (χ4v) is 2.32. The molecule has 1 nitrogen and oxygen atoms in total. The van der Waals surface area contributed by atoms with Gasteiger partial charge in [-0.1, -0.05) is 0 Å². The number of alkyl halides is 3. The van der Waals surface area contributed by atoms with Gasteiger partial charge in [-0.05, 0) is 50.7 Å². The summed E-state index contributed by atoms with van der Waals surface area (Å²) in [5, 5.41) is 0. The van der Waals surface area contributed by atoms with E-state index in [0.717, 1.165) is 12.1 Å². The Hall–Kier alpha value is -0.0500. The third-order valence-corrected chi connectivity index (χ3v) is 2.57. The van der Waals surface area contributed by atoms with Crippen LogP contribution in [-0.4, -0.2) is 6.36 Å². The molecule has 0 fully saturated rings. The van der Waals surface area contributed by atoms with Gasteiger partial charge in [0.1, 0.15) is 5.82 Å². The molecule has 0 spiro atoms. The number of halogens is 6. The van der Waals surface area contributed by atoms with Crippen LogP contribution >= 0.6 is 38.5 Å². The SMILES string of the molecule is Fc1cc(Br)c(OC(F)(F)F)c(I)c1. The van der Waals surface area contributed by atoms with Gasteiger partial charge in [0, 0.05) is 0 Å². The number of ether oxygens (including phenoxy) is 1. The summed E-state index contributed by atoms with van der Waals surface area (Å²) in [5.74, 6) is -1.06. The highest BCUT2D eigenvalue weighted by Crippen LogP contribution is 2.35. The summed E-state index contributed by atoms with van der Waals surface area (Å²) < 4.78 is 51.9. The van der Waals surface area contributed by atoms with Gasteiger partial charge in [-0.25, -0.2) is 4.39 Å². The first kappa shape index (κ1) is 12.0. The molecular weight excluding hydrogens is 383 g/mol. The molecule has 1 aromatic rings. The lowest BCUT2D eigenvalue weighted by atomic mass is 10.3. The van der Waals surface area contributed by atoms with E-state index in [2.05, 4.69) is 20.7 Å². The molecule has 14 heavy (non-hydrogen) atoms. The molecule has 0 heterocycles. The molecule has 1 rings (SSSR count). The minimum Gasteiger partial charge on any atom is -0.403 e. The second kappa shape index (κ2) is 4.21. The summed E-state index contributed by atoms with van der Waals surface area (Å²) in [5.41, 5.74) is 0. The van der Waals surface area contributed by atoms with E-state index in [1.807, 2.05) is 0 Å². The van der Waals surface area contributed by atoms with Crippen LogP contribution in [0.5, 0.6) is 5.75 Å². The lowest BCUT2D eigenvalue weighted by molar-refractivity contribution is -0.275. The fourth-order valence-electron chi connectivity index (χ4n) is 0.742. The zero-order valence-corrected chi connectivity index (χ0v) is 10.1. The van der Waals surface area contributed by atoms with Gasteiger partial charge in [0.25, 0.3) is 0 Å². The van der Waals surface area contributed by atoms with Gasteiger partial charge in [-0.15, -0.1) is 13.2 Å². The molecular formula is C7H2BrF4IO. The molecule has 0 aliphatic rings. The Morgan fingerprint density at radius 3 is 2.29 bits per heavy atom. The van der Waals surface area contributed by atoms with Crippen LogP contribution in [0.1, 0.15) is 0 Å². The summed E-state index contributed by atoms with van der Waals surface area (Å²) >= 11 is 4.34. The van der Waals surface area contributed by atoms with Crippen molar-refractivity contribution in [1.82, 2.24) is 0 Å². The van der Waals surface area contributed by atoms with Gasteiger partial charge < -0.3 is 4.74 Å². The van der Waals surface area contributed by atoms with Crippen LogP contribution in [0, 0.1) is 9.39 Å². The highest BCUT2D eigenvalue weighted by atomic mass is 127. The second-order valence-electron chi connectivity index (χ2n) is 2.25. The van der Waals surface area contributed by atoms with E-state index in [1.54, 1.807) is 22.6 Å². The summed E-state index contributed by atoms with van der Waals surface area (Å²) in [6.45, 7) is 0. The molecule has 0 saturated carbocycles. The van der Waals surface area contributed by atoms with Crippen LogP contribution in [-0.2, 0) is 0 Å². The highest BCUT2D eigenvalue weighted by molar-refractivity contribution is 14.1. The van der Waals surface area contributed by atoms with Crippen LogP contribution in [0.4, 0.5) is 17.6 Å². The number of hydrogen-bond acceptors (Lipinski definition) is 1. The van der Waals surface area contributed by atoms with Crippen molar-refractivity contribution in [1.29, 1.82) is 0 Å². The van der Waals surface area contributed by atoms with Crippen LogP contribution in [0.2, 0.25) is 0 Å². The van der Waals surface area contributed by atoms with Gasteiger partial charge in [-0.2, -0.15) is 0 Å². The number of hydrogen-bond donors (Lipinski definition) is 0. The average Bonchev–Trinajstić information content (AvgIpc) is 1.95. The molecule has 0 amide bonds. The molecule has 0 aliphatic heterocycles. The Morgan fingerprint density at radius 2 is 1.86 bits per heavy atom. The predicted molar refractivity (Wildman–Crippen MR) is 53.5 cm³/mol. The van der Waals surface area contributed by atoms with Crippen molar-refractivity contribution in [3.05, 3.63) is 26.0 Å². The number of rotatable bonds is 1. The summed E-state index contributed by atoms with van der Waals surface area (Å²) in [7, 11) is 0. The van der Waals surface area contributed by atoms with Gasteiger partial charge in [0.2, 0.25) is 0 Å². The molecule has 0 N–H and O–H groups in total. The normalized spacial score (nSPS) is 11.6. The first-order valence-corrected chi connectivity index (χ1v) is 5.07. The van der Waals surface area contributed by atoms with Gasteiger partial charge >= 0.3 is 6.36 Å². The Bertz CT molecular complexity index is 329. The maximum absolute atomic E-state index is 12.7. The monoisotopic (exact) mass is 384 g/mol. The van der Waals surface area contributed by atoms with Crippen LogP contribution in [0.25, 0.3) is 0 Å². The molecule has 0 bridgehead atoms. The lowest BCUT2D eigenvalue weighted by Gasteiger charge is -2.12. The highest BCUT2D eigenvalue weighted by Gasteiger charge is 2.33. The largest absolute Gasteiger partial charge is 0.573 e. The minimum absolute atomic E-state index is 0.0480. The van der Waals surface area contributed by atoms with E-state index >= 15 is 0 Å². The molecule has 0 atom stereocenters. The Balaban J connectivity index is 3.09.